The summed E-state index contributed by atoms with van der Waals surface area (Å²) in [5.41, 5.74) is 2.15. The van der Waals surface area contributed by atoms with Gasteiger partial charge in [0.05, 0.1) is 13.0 Å². The highest BCUT2D eigenvalue weighted by atomic mass is 16.5. The van der Waals surface area contributed by atoms with Gasteiger partial charge in [-0.25, -0.2) is 0 Å². The highest BCUT2D eigenvalue weighted by Gasteiger charge is 2.08. The number of nitrogens with one attached hydrogen (secondary N) is 1. The first kappa shape index (κ1) is 14.2. The second-order valence-electron chi connectivity index (χ2n) is 4.23. The molecular formula is C14H19N5O. The number of aromatic nitrogens is 4. The number of anilines is 1. The van der Waals surface area contributed by atoms with E-state index < -0.39 is 0 Å². The minimum atomic E-state index is 0.340. The summed E-state index contributed by atoms with van der Waals surface area (Å²) in [5.74, 6) is 1.15. The van der Waals surface area contributed by atoms with E-state index in [0.717, 1.165) is 12.1 Å². The zero-order chi connectivity index (χ0) is 14.4. The molecular weight excluding hydrogens is 254 g/mol. The Morgan fingerprint density at radius 1 is 1.15 bits per heavy atom. The van der Waals surface area contributed by atoms with Gasteiger partial charge in [0, 0.05) is 18.9 Å². The van der Waals surface area contributed by atoms with E-state index in [-0.39, 0.29) is 0 Å². The van der Waals surface area contributed by atoms with Gasteiger partial charge in [-0.3, -0.25) is 4.98 Å². The molecule has 0 aromatic carbocycles. The lowest BCUT2D eigenvalue weighted by atomic mass is 10.2. The van der Waals surface area contributed by atoms with E-state index >= 15 is 0 Å². The van der Waals surface area contributed by atoms with Crippen LogP contribution in [0.5, 0.6) is 6.01 Å². The van der Waals surface area contributed by atoms with Gasteiger partial charge < -0.3 is 10.1 Å². The van der Waals surface area contributed by atoms with E-state index in [1.807, 2.05) is 19.2 Å². The van der Waals surface area contributed by atoms with E-state index in [1.165, 1.54) is 5.56 Å². The highest BCUT2D eigenvalue weighted by Crippen LogP contribution is 2.11. The van der Waals surface area contributed by atoms with Crippen LogP contribution in [0.4, 0.5) is 5.95 Å². The maximum Gasteiger partial charge on any atom is 0.321 e. The Morgan fingerprint density at radius 2 is 2.00 bits per heavy atom. The standard InChI is InChI=1S/C14H19N5O/c1-4-10-6-7-11(16-9-10)8-12-17-13(15-3)19-14(18-12)20-5-2/h6-7,9H,4-5,8H2,1-3H3,(H,15,17,18,19). The molecule has 0 fully saturated rings. The lowest BCUT2D eigenvalue weighted by molar-refractivity contribution is 0.310. The molecule has 2 aromatic rings. The normalized spacial score (nSPS) is 10.3. The largest absolute Gasteiger partial charge is 0.464 e. The molecule has 6 nitrogen and oxygen atoms in total. The van der Waals surface area contributed by atoms with Crippen LogP contribution in [-0.2, 0) is 12.8 Å². The van der Waals surface area contributed by atoms with Crippen molar-refractivity contribution in [1.82, 2.24) is 19.9 Å². The Labute approximate surface area is 118 Å². The van der Waals surface area contributed by atoms with Crippen molar-refractivity contribution in [2.45, 2.75) is 26.7 Å². The van der Waals surface area contributed by atoms with Crippen LogP contribution in [0, 0.1) is 0 Å². The number of ether oxygens (including phenoxy) is 1. The molecule has 0 aliphatic heterocycles. The fraction of sp³-hybridized carbons (Fsp3) is 0.429. The Kier molecular flexibility index (Phi) is 4.81. The van der Waals surface area contributed by atoms with E-state index in [1.54, 1.807) is 7.05 Å². The van der Waals surface area contributed by atoms with Crippen molar-refractivity contribution in [2.75, 3.05) is 19.0 Å². The molecule has 0 atom stereocenters. The molecule has 0 bridgehead atoms. The molecule has 0 saturated heterocycles. The third-order valence-corrected chi connectivity index (χ3v) is 2.79. The molecule has 1 N–H and O–H groups in total. The summed E-state index contributed by atoms with van der Waals surface area (Å²) in [6.07, 6.45) is 3.43. The van der Waals surface area contributed by atoms with Crippen molar-refractivity contribution in [1.29, 1.82) is 0 Å². The van der Waals surface area contributed by atoms with E-state index in [0.29, 0.717) is 30.8 Å². The number of hydrogen-bond acceptors (Lipinski definition) is 6. The van der Waals surface area contributed by atoms with Gasteiger partial charge in [-0.05, 0) is 25.0 Å². The molecule has 106 valence electrons. The summed E-state index contributed by atoms with van der Waals surface area (Å²) < 4.78 is 5.34. The molecule has 0 aliphatic rings. The minimum Gasteiger partial charge on any atom is -0.464 e. The van der Waals surface area contributed by atoms with Crippen LogP contribution in [0.25, 0.3) is 0 Å². The summed E-state index contributed by atoms with van der Waals surface area (Å²) in [6.45, 7) is 4.53. The van der Waals surface area contributed by atoms with Crippen molar-refractivity contribution in [2.24, 2.45) is 0 Å². The van der Waals surface area contributed by atoms with E-state index in [9.17, 15) is 0 Å². The van der Waals surface area contributed by atoms with Crippen LogP contribution in [0.1, 0.15) is 30.9 Å². The average Bonchev–Trinajstić information content (AvgIpc) is 2.48. The van der Waals surface area contributed by atoms with Crippen LogP contribution in [0.2, 0.25) is 0 Å². The van der Waals surface area contributed by atoms with Crippen molar-refractivity contribution < 1.29 is 4.74 Å². The van der Waals surface area contributed by atoms with Crippen molar-refractivity contribution in [3.63, 3.8) is 0 Å². The molecule has 0 saturated carbocycles. The number of hydrogen-bond donors (Lipinski definition) is 1. The van der Waals surface area contributed by atoms with E-state index in [2.05, 4.69) is 38.2 Å². The van der Waals surface area contributed by atoms with Gasteiger partial charge in [-0.1, -0.05) is 13.0 Å². The third kappa shape index (κ3) is 3.63. The molecule has 6 heteroatoms. The summed E-state index contributed by atoms with van der Waals surface area (Å²) >= 11 is 0. The monoisotopic (exact) mass is 273 g/mol. The molecule has 0 amide bonds. The molecule has 2 rings (SSSR count). The van der Waals surface area contributed by atoms with Gasteiger partial charge >= 0.3 is 6.01 Å². The fourth-order valence-electron chi connectivity index (χ4n) is 1.71. The zero-order valence-electron chi connectivity index (χ0n) is 12.1. The average molecular weight is 273 g/mol. The Morgan fingerprint density at radius 3 is 2.60 bits per heavy atom. The molecule has 20 heavy (non-hydrogen) atoms. The lowest BCUT2D eigenvalue weighted by Crippen LogP contribution is -2.08. The smallest absolute Gasteiger partial charge is 0.321 e. The second kappa shape index (κ2) is 6.79. The van der Waals surface area contributed by atoms with Gasteiger partial charge in [0.15, 0.2) is 0 Å². The molecule has 2 heterocycles. The van der Waals surface area contributed by atoms with Gasteiger partial charge in [0.2, 0.25) is 5.95 Å². The maximum atomic E-state index is 5.34. The quantitative estimate of drug-likeness (QED) is 0.866. The zero-order valence-corrected chi connectivity index (χ0v) is 12.1. The first-order valence-electron chi connectivity index (χ1n) is 6.74. The summed E-state index contributed by atoms with van der Waals surface area (Å²) in [6, 6.07) is 4.42. The van der Waals surface area contributed by atoms with Crippen molar-refractivity contribution in [3.05, 3.63) is 35.4 Å². The van der Waals surface area contributed by atoms with Crippen LogP contribution < -0.4 is 10.1 Å². The van der Waals surface area contributed by atoms with Gasteiger partial charge in [-0.15, -0.1) is 0 Å². The Balaban J connectivity index is 2.20. The van der Waals surface area contributed by atoms with Gasteiger partial charge in [-0.2, -0.15) is 15.0 Å². The number of rotatable bonds is 6. The first-order chi connectivity index (χ1) is 9.75. The molecule has 0 unspecified atom stereocenters. The van der Waals surface area contributed by atoms with Crippen molar-refractivity contribution in [3.8, 4) is 6.01 Å². The van der Waals surface area contributed by atoms with Crippen LogP contribution in [0.15, 0.2) is 18.3 Å². The first-order valence-corrected chi connectivity index (χ1v) is 6.74. The maximum absolute atomic E-state index is 5.34. The van der Waals surface area contributed by atoms with Crippen LogP contribution >= 0.6 is 0 Å². The molecule has 2 aromatic heterocycles. The summed E-state index contributed by atoms with van der Waals surface area (Å²) in [5, 5.41) is 2.91. The van der Waals surface area contributed by atoms with Crippen molar-refractivity contribution >= 4 is 5.95 Å². The Bertz CT molecular complexity index is 556. The predicted octanol–water partition coefficient (Wildman–Crippen LogP) is 1.86. The number of aryl methyl sites for hydroxylation is 1. The number of pyridine rings is 1. The third-order valence-electron chi connectivity index (χ3n) is 2.79. The minimum absolute atomic E-state index is 0.340. The van der Waals surface area contributed by atoms with Gasteiger partial charge in [0.1, 0.15) is 5.82 Å². The van der Waals surface area contributed by atoms with Gasteiger partial charge in [0.25, 0.3) is 0 Å². The Hall–Kier alpha value is -2.24. The summed E-state index contributed by atoms with van der Waals surface area (Å²) in [4.78, 5) is 17.2. The van der Waals surface area contributed by atoms with Crippen LogP contribution in [0.3, 0.4) is 0 Å². The molecule has 0 radical (unpaired) electrons. The topological polar surface area (TPSA) is 72.8 Å². The highest BCUT2D eigenvalue weighted by molar-refractivity contribution is 5.26. The summed E-state index contributed by atoms with van der Waals surface area (Å²) in [7, 11) is 1.77. The van der Waals surface area contributed by atoms with E-state index in [4.69, 9.17) is 4.74 Å². The molecule has 0 aliphatic carbocycles. The van der Waals surface area contributed by atoms with Crippen LogP contribution in [-0.4, -0.2) is 33.6 Å². The lowest BCUT2D eigenvalue weighted by Gasteiger charge is -2.06. The SMILES string of the molecule is CCOc1nc(Cc2ccc(CC)cn2)nc(NC)n1. The second-order valence-corrected chi connectivity index (χ2v) is 4.23. The predicted molar refractivity (Wildman–Crippen MR) is 77.0 cm³/mol. The fourth-order valence-corrected chi connectivity index (χ4v) is 1.71. The molecule has 0 spiro atoms. The number of nitrogens with zero attached hydrogens (tertiary/aromatic N) is 4.